The van der Waals surface area contributed by atoms with E-state index in [-0.39, 0.29) is 42.3 Å². The van der Waals surface area contributed by atoms with Crippen LogP contribution >= 0.6 is 11.6 Å². The van der Waals surface area contributed by atoms with E-state index in [1.54, 1.807) is 36.4 Å². The summed E-state index contributed by atoms with van der Waals surface area (Å²) in [7, 11) is 0. The maximum absolute atomic E-state index is 13.5. The van der Waals surface area contributed by atoms with Gasteiger partial charge in [-0.3, -0.25) is 14.4 Å². The van der Waals surface area contributed by atoms with Gasteiger partial charge in [0.15, 0.2) is 5.78 Å². The Labute approximate surface area is 205 Å². The van der Waals surface area contributed by atoms with Crippen molar-refractivity contribution < 1.29 is 19.1 Å². The van der Waals surface area contributed by atoms with Crippen molar-refractivity contribution in [1.82, 2.24) is 10.6 Å². The second-order valence-corrected chi connectivity index (χ2v) is 10.7. The van der Waals surface area contributed by atoms with Gasteiger partial charge in [-0.25, -0.2) is 0 Å². The van der Waals surface area contributed by atoms with E-state index in [0.717, 1.165) is 18.4 Å². The van der Waals surface area contributed by atoms with Gasteiger partial charge in [0.05, 0.1) is 12.0 Å². The molecule has 0 radical (unpaired) electrons. The van der Waals surface area contributed by atoms with Crippen molar-refractivity contribution in [3.05, 3.63) is 70.2 Å². The summed E-state index contributed by atoms with van der Waals surface area (Å²) in [6, 6.07) is 14.5. The Balaban J connectivity index is 1.51. The van der Waals surface area contributed by atoms with E-state index < -0.39 is 11.5 Å². The summed E-state index contributed by atoms with van der Waals surface area (Å²) in [5.74, 6) is -1.33. The molecule has 1 aliphatic heterocycles. The number of hydrogen-bond donors (Lipinski definition) is 2. The maximum Gasteiger partial charge on any atom is 0.251 e. The number of carbonyl (C=O) groups excluding carboxylic acids is 3. The number of hydrogen-bond acceptors (Lipinski definition) is 4. The number of rotatable bonds is 6. The lowest BCUT2D eigenvalue weighted by molar-refractivity contribution is -0.130. The standard InChI is InChI=1S/C27H31ClN2O4/c1-26(2,3)19-10-6-18(7-11-19)24(32)29-15-21(17-8-12-20(28)13-9-17)25(33)30-27-14-4-5-23(27)34-16-22(27)31/h6-13,21,23H,4-5,14-16H2,1-3H3,(H,29,32)(H,30,33). The van der Waals surface area contributed by atoms with Gasteiger partial charge in [-0.2, -0.15) is 0 Å². The largest absolute Gasteiger partial charge is 0.367 e. The van der Waals surface area contributed by atoms with E-state index >= 15 is 0 Å². The van der Waals surface area contributed by atoms with Crippen LogP contribution in [0.1, 0.15) is 67.4 Å². The fourth-order valence-electron chi connectivity index (χ4n) is 4.82. The third kappa shape index (κ3) is 4.89. The molecule has 1 aliphatic carbocycles. The number of Topliss-reactive ketones (excluding diaryl/α,β-unsaturated/α-hetero) is 1. The first-order valence-corrected chi connectivity index (χ1v) is 12.1. The topological polar surface area (TPSA) is 84.5 Å². The minimum atomic E-state index is -0.964. The molecule has 2 fully saturated rings. The van der Waals surface area contributed by atoms with Gasteiger partial charge in [-0.15, -0.1) is 0 Å². The molecule has 0 bridgehead atoms. The number of benzene rings is 2. The third-order valence-electron chi connectivity index (χ3n) is 6.92. The SMILES string of the molecule is CC(C)(C)c1ccc(C(=O)NCC(C(=O)NC23CCCC2OCC3=O)c2ccc(Cl)cc2)cc1. The molecule has 3 atom stereocenters. The lowest BCUT2D eigenvalue weighted by Gasteiger charge is -2.30. The van der Waals surface area contributed by atoms with Crippen molar-refractivity contribution in [2.24, 2.45) is 0 Å². The highest BCUT2D eigenvalue weighted by Crippen LogP contribution is 2.38. The van der Waals surface area contributed by atoms with Crippen LogP contribution in [0.3, 0.4) is 0 Å². The minimum Gasteiger partial charge on any atom is -0.367 e. The summed E-state index contributed by atoms with van der Waals surface area (Å²) in [5, 5.41) is 6.46. The van der Waals surface area contributed by atoms with Gasteiger partial charge < -0.3 is 15.4 Å². The Morgan fingerprint density at radius 1 is 1.12 bits per heavy atom. The van der Waals surface area contributed by atoms with Crippen LogP contribution in [-0.2, 0) is 19.7 Å². The molecule has 6 nitrogen and oxygen atoms in total. The lowest BCUT2D eigenvalue weighted by Crippen LogP contribution is -2.57. The Kier molecular flexibility index (Phi) is 6.83. The molecule has 2 N–H and O–H groups in total. The molecule has 1 saturated heterocycles. The summed E-state index contributed by atoms with van der Waals surface area (Å²) in [6.45, 7) is 6.46. The highest BCUT2D eigenvalue weighted by Gasteiger charge is 2.55. The zero-order valence-corrected chi connectivity index (χ0v) is 20.6. The lowest BCUT2D eigenvalue weighted by atomic mass is 9.86. The molecule has 2 aliphatic rings. The van der Waals surface area contributed by atoms with Crippen LogP contribution in [0.2, 0.25) is 5.02 Å². The molecule has 2 aromatic carbocycles. The van der Waals surface area contributed by atoms with E-state index in [2.05, 4.69) is 31.4 Å². The molecule has 0 spiro atoms. The summed E-state index contributed by atoms with van der Waals surface area (Å²) in [6.07, 6.45) is 1.86. The van der Waals surface area contributed by atoms with Crippen molar-refractivity contribution in [3.63, 3.8) is 0 Å². The van der Waals surface area contributed by atoms with Crippen LogP contribution in [0.5, 0.6) is 0 Å². The number of nitrogens with one attached hydrogen (secondary N) is 2. The average molecular weight is 483 g/mol. The second kappa shape index (κ2) is 9.51. The molecule has 1 saturated carbocycles. The van der Waals surface area contributed by atoms with Gasteiger partial charge in [0.2, 0.25) is 5.91 Å². The average Bonchev–Trinajstić information content (AvgIpc) is 3.33. The molecule has 180 valence electrons. The van der Waals surface area contributed by atoms with Crippen molar-refractivity contribution in [3.8, 4) is 0 Å². The van der Waals surface area contributed by atoms with Gasteiger partial charge in [0.25, 0.3) is 5.91 Å². The minimum absolute atomic E-state index is 0.00826. The molecule has 7 heteroatoms. The predicted molar refractivity (Wildman–Crippen MR) is 131 cm³/mol. The highest BCUT2D eigenvalue weighted by atomic mass is 35.5. The van der Waals surface area contributed by atoms with Gasteiger partial charge in [0.1, 0.15) is 12.1 Å². The van der Waals surface area contributed by atoms with Crippen LogP contribution in [0, 0.1) is 0 Å². The number of halogens is 1. The van der Waals surface area contributed by atoms with Crippen LogP contribution < -0.4 is 10.6 Å². The van der Waals surface area contributed by atoms with Crippen molar-refractivity contribution in [2.45, 2.75) is 63.0 Å². The Bertz CT molecular complexity index is 1080. The van der Waals surface area contributed by atoms with E-state index in [1.165, 1.54) is 0 Å². The molecular weight excluding hydrogens is 452 g/mol. The summed E-state index contributed by atoms with van der Waals surface area (Å²) >= 11 is 6.05. The normalized spacial score (nSPS) is 22.8. The summed E-state index contributed by atoms with van der Waals surface area (Å²) in [5.41, 5.74) is 1.40. The van der Waals surface area contributed by atoms with Gasteiger partial charge in [-0.1, -0.05) is 56.6 Å². The third-order valence-corrected chi connectivity index (χ3v) is 7.17. The van der Waals surface area contributed by atoms with Crippen molar-refractivity contribution in [1.29, 1.82) is 0 Å². The quantitative estimate of drug-likeness (QED) is 0.647. The van der Waals surface area contributed by atoms with E-state index in [1.807, 2.05) is 12.1 Å². The second-order valence-electron chi connectivity index (χ2n) is 10.2. The van der Waals surface area contributed by atoms with E-state index in [4.69, 9.17) is 16.3 Å². The van der Waals surface area contributed by atoms with Crippen LogP contribution in [0.4, 0.5) is 0 Å². The van der Waals surface area contributed by atoms with Gasteiger partial charge >= 0.3 is 0 Å². The van der Waals surface area contributed by atoms with Crippen molar-refractivity contribution >= 4 is 29.2 Å². The Morgan fingerprint density at radius 2 is 1.79 bits per heavy atom. The van der Waals surface area contributed by atoms with Crippen LogP contribution in [0.25, 0.3) is 0 Å². The Morgan fingerprint density at radius 3 is 2.44 bits per heavy atom. The smallest absolute Gasteiger partial charge is 0.251 e. The molecule has 34 heavy (non-hydrogen) atoms. The van der Waals surface area contributed by atoms with Crippen molar-refractivity contribution in [2.75, 3.05) is 13.2 Å². The summed E-state index contributed by atoms with van der Waals surface area (Å²) < 4.78 is 5.63. The predicted octanol–water partition coefficient (Wildman–Crippen LogP) is 4.16. The molecule has 4 rings (SSSR count). The number of carbonyl (C=O) groups is 3. The zero-order valence-electron chi connectivity index (χ0n) is 19.8. The molecule has 1 heterocycles. The highest BCUT2D eigenvalue weighted by molar-refractivity contribution is 6.30. The first-order chi connectivity index (χ1) is 16.1. The molecule has 2 amide bonds. The van der Waals surface area contributed by atoms with Crippen LogP contribution in [0.15, 0.2) is 48.5 Å². The van der Waals surface area contributed by atoms with Crippen LogP contribution in [-0.4, -0.2) is 42.4 Å². The maximum atomic E-state index is 13.5. The Hall–Kier alpha value is -2.70. The molecule has 3 unspecified atom stereocenters. The number of amides is 2. The number of ether oxygens (including phenoxy) is 1. The fourth-order valence-corrected chi connectivity index (χ4v) is 4.94. The number of ketones is 1. The van der Waals surface area contributed by atoms with Gasteiger partial charge in [-0.05, 0) is 60.1 Å². The van der Waals surface area contributed by atoms with E-state index in [9.17, 15) is 14.4 Å². The van der Waals surface area contributed by atoms with E-state index in [0.29, 0.717) is 22.6 Å². The molecule has 2 aromatic rings. The fraction of sp³-hybridized carbons (Fsp3) is 0.444. The number of fused-ring (bicyclic) bond motifs is 1. The van der Waals surface area contributed by atoms with Gasteiger partial charge in [0, 0.05) is 17.1 Å². The zero-order chi connectivity index (χ0) is 24.5. The monoisotopic (exact) mass is 482 g/mol. The molecular formula is C27H31ClN2O4. The first-order valence-electron chi connectivity index (χ1n) is 11.7. The first kappa shape index (κ1) is 24.4. The molecule has 0 aromatic heterocycles. The summed E-state index contributed by atoms with van der Waals surface area (Å²) in [4.78, 5) is 39.0.